The molecule has 232 valence electrons. The number of hydrogen-bond donors (Lipinski definition) is 2. The zero-order chi connectivity index (χ0) is 31.2. The summed E-state index contributed by atoms with van der Waals surface area (Å²) in [5.74, 6) is 0.396. The average Bonchev–Trinajstić information content (AvgIpc) is 3.04. The molecule has 2 aliphatic rings. The van der Waals surface area contributed by atoms with Crippen LogP contribution >= 0.6 is 0 Å². The van der Waals surface area contributed by atoms with Crippen LogP contribution in [0.15, 0.2) is 60.8 Å². The largest absolute Gasteiger partial charge is 0.485 e. The maximum absolute atomic E-state index is 13.1. The number of carbonyl (C=O) groups is 3. The third-order valence-corrected chi connectivity index (χ3v) is 8.19. The average molecular weight is 600 g/mol. The molecule has 1 aromatic heterocycles. The Morgan fingerprint density at radius 2 is 1.48 bits per heavy atom. The van der Waals surface area contributed by atoms with Crippen LogP contribution in [0.5, 0.6) is 5.75 Å². The Morgan fingerprint density at radius 3 is 2.09 bits per heavy atom. The molecule has 0 saturated carbocycles. The second-order valence-electron chi connectivity index (χ2n) is 11.7. The lowest BCUT2D eigenvalue weighted by molar-refractivity contribution is -0.149. The lowest BCUT2D eigenvalue weighted by atomic mass is 9.96. The molecule has 2 amide bonds. The topological polar surface area (TPSA) is 127 Å². The number of nitrogens with one attached hydrogen (secondary N) is 1. The molecule has 2 saturated heterocycles. The van der Waals surface area contributed by atoms with E-state index in [9.17, 15) is 14.4 Å². The fourth-order valence-corrected chi connectivity index (χ4v) is 5.87. The van der Waals surface area contributed by atoms with Crippen LogP contribution in [0.3, 0.4) is 0 Å². The van der Waals surface area contributed by atoms with Crippen molar-refractivity contribution in [3.63, 3.8) is 0 Å². The molecule has 0 bridgehead atoms. The number of carbonyl (C=O) groups excluding carboxylic acids is 3. The van der Waals surface area contributed by atoms with Gasteiger partial charge >= 0.3 is 5.97 Å². The maximum atomic E-state index is 13.1. The summed E-state index contributed by atoms with van der Waals surface area (Å²) >= 11 is 0. The summed E-state index contributed by atoms with van der Waals surface area (Å²) in [6, 6.07) is 17.2. The zero-order valence-corrected chi connectivity index (χ0v) is 25.6. The van der Waals surface area contributed by atoms with Gasteiger partial charge in [-0.05, 0) is 75.1 Å². The van der Waals surface area contributed by atoms with Gasteiger partial charge < -0.3 is 30.3 Å². The van der Waals surface area contributed by atoms with Gasteiger partial charge in [0.25, 0.3) is 11.8 Å². The van der Waals surface area contributed by atoms with E-state index in [0.717, 1.165) is 16.7 Å². The molecule has 10 nitrogen and oxygen atoms in total. The molecule has 2 atom stereocenters. The van der Waals surface area contributed by atoms with E-state index >= 15 is 0 Å². The van der Waals surface area contributed by atoms with Gasteiger partial charge in [0, 0.05) is 61.1 Å². The standard InChI is InChI=1S/C34H41N5O5/c1-4-43-34(42)28-13-15-38(16-14-28)32(40)26-7-5-24(6-8-26)21-44-30-17-29(18-36-31(30)35)25-9-11-27(12-10-25)33(41)39-19-22(2)37-23(3)20-39/h5-12,17-18,22-23,28,37H,4,13-16,19-21H2,1-3H3,(H2,35,36). The van der Waals surface area contributed by atoms with Crippen LogP contribution in [0.25, 0.3) is 11.1 Å². The number of rotatable bonds is 8. The molecule has 3 aromatic rings. The van der Waals surface area contributed by atoms with Crippen LogP contribution in [0.2, 0.25) is 0 Å². The smallest absolute Gasteiger partial charge is 0.309 e. The number of aromatic nitrogens is 1. The minimum atomic E-state index is -0.175. The van der Waals surface area contributed by atoms with E-state index in [4.69, 9.17) is 15.2 Å². The summed E-state index contributed by atoms with van der Waals surface area (Å²) in [7, 11) is 0. The number of nitrogens with two attached hydrogens (primary N) is 1. The van der Waals surface area contributed by atoms with Crippen molar-refractivity contribution < 1.29 is 23.9 Å². The molecule has 2 aliphatic heterocycles. The van der Waals surface area contributed by atoms with Crippen LogP contribution in [0.1, 0.15) is 59.9 Å². The number of piperidine rings is 1. The SMILES string of the molecule is CCOC(=O)C1CCN(C(=O)c2ccc(COc3cc(-c4ccc(C(=O)N5CC(C)NC(C)C5)cc4)cnc3N)cc2)CC1. The predicted molar refractivity (Wildman–Crippen MR) is 168 cm³/mol. The van der Waals surface area contributed by atoms with Crippen molar-refractivity contribution in [3.05, 3.63) is 77.5 Å². The van der Waals surface area contributed by atoms with Gasteiger partial charge in [0.1, 0.15) is 6.61 Å². The normalized spacial score (nSPS) is 19.0. The van der Waals surface area contributed by atoms with Crippen LogP contribution in [-0.4, -0.2) is 77.4 Å². The lowest BCUT2D eigenvalue weighted by Crippen LogP contribution is -2.55. The second kappa shape index (κ2) is 13.9. The van der Waals surface area contributed by atoms with Gasteiger partial charge in [-0.1, -0.05) is 24.3 Å². The summed E-state index contributed by atoms with van der Waals surface area (Å²) in [5, 5.41) is 3.45. The van der Waals surface area contributed by atoms with Crippen LogP contribution < -0.4 is 15.8 Å². The Hall–Kier alpha value is -4.44. The van der Waals surface area contributed by atoms with E-state index in [1.54, 1.807) is 30.2 Å². The number of esters is 1. The number of nitrogen functional groups attached to an aromatic ring is 1. The van der Waals surface area contributed by atoms with Gasteiger partial charge in [-0.25, -0.2) is 4.98 Å². The van der Waals surface area contributed by atoms with Crippen molar-refractivity contribution in [2.24, 2.45) is 5.92 Å². The molecular weight excluding hydrogens is 558 g/mol. The highest BCUT2D eigenvalue weighted by Crippen LogP contribution is 2.28. The molecule has 3 heterocycles. The number of benzene rings is 2. The fourth-order valence-electron chi connectivity index (χ4n) is 5.87. The first-order valence-electron chi connectivity index (χ1n) is 15.3. The molecule has 3 N–H and O–H groups in total. The summed E-state index contributed by atoms with van der Waals surface area (Å²) in [6.45, 7) is 9.03. The van der Waals surface area contributed by atoms with Gasteiger partial charge in [-0.2, -0.15) is 0 Å². The van der Waals surface area contributed by atoms with Crippen LogP contribution in [-0.2, 0) is 16.1 Å². The first-order valence-corrected chi connectivity index (χ1v) is 15.3. The van der Waals surface area contributed by atoms with Gasteiger partial charge in [0.05, 0.1) is 12.5 Å². The van der Waals surface area contributed by atoms with E-state index in [1.165, 1.54) is 0 Å². The monoisotopic (exact) mass is 599 g/mol. The molecule has 2 fully saturated rings. The number of hydrogen-bond acceptors (Lipinski definition) is 8. The first kappa shape index (κ1) is 31.0. The number of pyridine rings is 1. The molecule has 44 heavy (non-hydrogen) atoms. The molecule has 2 aromatic carbocycles. The molecular formula is C34H41N5O5. The Morgan fingerprint density at radius 1 is 0.886 bits per heavy atom. The van der Waals surface area contributed by atoms with E-state index in [1.807, 2.05) is 47.4 Å². The molecule has 10 heteroatoms. The van der Waals surface area contributed by atoms with E-state index in [2.05, 4.69) is 24.1 Å². The van der Waals surface area contributed by atoms with Crippen molar-refractivity contribution in [3.8, 4) is 16.9 Å². The zero-order valence-electron chi connectivity index (χ0n) is 25.6. The van der Waals surface area contributed by atoms with Crippen LogP contribution in [0, 0.1) is 5.92 Å². The number of amides is 2. The van der Waals surface area contributed by atoms with Crippen LogP contribution in [0.4, 0.5) is 5.82 Å². The number of anilines is 1. The quantitative estimate of drug-likeness (QED) is 0.370. The molecule has 0 aliphatic carbocycles. The second-order valence-corrected chi connectivity index (χ2v) is 11.7. The minimum absolute atomic E-state index is 0.0301. The molecule has 0 spiro atoms. The minimum Gasteiger partial charge on any atom is -0.485 e. The highest BCUT2D eigenvalue weighted by atomic mass is 16.5. The van der Waals surface area contributed by atoms with Gasteiger partial charge in [-0.3, -0.25) is 14.4 Å². The van der Waals surface area contributed by atoms with Crippen molar-refractivity contribution >= 4 is 23.6 Å². The Kier molecular flexibility index (Phi) is 9.79. The van der Waals surface area contributed by atoms with Crippen molar-refractivity contribution in [2.75, 3.05) is 38.5 Å². The van der Waals surface area contributed by atoms with Crippen molar-refractivity contribution in [1.82, 2.24) is 20.1 Å². The number of piperazine rings is 1. The van der Waals surface area contributed by atoms with E-state index < -0.39 is 0 Å². The third-order valence-electron chi connectivity index (χ3n) is 8.19. The molecule has 5 rings (SSSR count). The fraction of sp³-hybridized carbons (Fsp3) is 0.412. The van der Waals surface area contributed by atoms with Crippen molar-refractivity contribution in [2.45, 2.75) is 52.3 Å². The Bertz CT molecular complexity index is 1460. The highest BCUT2D eigenvalue weighted by molar-refractivity contribution is 5.95. The number of ether oxygens (including phenoxy) is 2. The van der Waals surface area contributed by atoms with E-state index in [-0.39, 0.29) is 48.2 Å². The lowest BCUT2D eigenvalue weighted by Gasteiger charge is -2.36. The summed E-state index contributed by atoms with van der Waals surface area (Å²) in [4.78, 5) is 46.1. The molecule has 0 radical (unpaired) electrons. The van der Waals surface area contributed by atoms with Gasteiger partial charge in [-0.15, -0.1) is 0 Å². The van der Waals surface area contributed by atoms with Gasteiger partial charge in [0.15, 0.2) is 11.6 Å². The first-order chi connectivity index (χ1) is 21.2. The van der Waals surface area contributed by atoms with Gasteiger partial charge in [0.2, 0.25) is 0 Å². The predicted octanol–water partition coefficient (Wildman–Crippen LogP) is 4.15. The molecule has 2 unspecified atom stereocenters. The third kappa shape index (κ3) is 7.37. The summed E-state index contributed by atoms with van der Waals surface area (Å²) in [5.41, 5.74) is 9.97. The van der Waals surface area contributed by atoms with Crippen molar-refractivity contribution in [1.29, 1.82) is 0 Å². The summed E-state index contributed by atoms with van der Waals surface area (Å²) < 4.78 is 11.1. The Labute approximate surface area is 258 Å². The summed E-state index contributed by atoms with van der Waals surface area (Å²) in [6.07, 6.45) is 2.92. The number of nitrogens with zero attached hydrogens (tertiary/aromatic N) is 3. The maximum Gasteiger partial charge on any atom is 0.309 e. The number of likely N-dealkylation sites (tertiary alicyclic amines) is 1. The highest BCUT2D eigenvalue weighted by Gasteiger charge is 2.29. The van der Waals surface area contributed by atoms with E-state index in [0.29, 0.717) is 62.5 Å². The Balaban J connectivity index is 1.17.